The Kier molecular flexibility index (Phi) is 8.65. The summed E-state index contributed by atoms with van der Waals surface area (Å²) < 4.78 is 16.0. The lowest BCUT2D eigenvalue weighted by molar-refractivity contribution is -0.143. The molecule has 8 heteroatoms. The van der Waals surface area contributed by atoms with E-state index in [2.05, 4.69) is 0 Å². The highest BCUT2D eigenvalue weighted by molar-refractivity contribution is 6.03. The molecular formula is C26H33N3O5. The molecule has 0 fully saturated rings. The molecule has 0 aliphatic carbocycles. The summed E-state index contributed by atoms with van der Waals surface area (Å²) in [5.41, 5.74) is 2.56. The molecule has 1 aliphatic heterocycles. The number of benzene rings is 2. The number of amides is 2. The van der Waals surface area contributed by atoms with E-state index in [1.807, 2.05) is 62.4 Å². The van der Waals surface area contributed by atoms with Gasteiger partial charge in [0.1, 0.15) is 18.0 Å². The molecule has 34 heavy (non-hydrogen) atoms. The van der Waals surface area contributed by atoms with Crippen LogP contribution in [0.5, 0.6) is 11.5 Å². The summed E-state index contributed by atoms with van der Waals surface area (Å²) >= 11 is 0. The molecule has 0 radical (unpaired) electrons. The van der Waals surface area contributed by atoms with Crippen LogP contribution in [-0.4, -0.2) is 68.5 Å². The van der Waals surface area contributed by atoms with Gasteiger partial charge in [-0.15, -0.1) is 0 Å². The lowest BCUT2D eigenvalue weighted by Crippen LogP contribution is -2.44. The molecule has 0 N–H and O–H groups in total. The van der Waals surface area contributed by atoms with Crippen molar-refractivity contribution in [1.29, 1.82) is 0 Å². The average molecular weight is 468 g/mol. The molecule has 0 aromatic heterocycles. The third-order valence-corrected chi connectivity index (χ3v) is 5.78. The van der Waals surface area contributed by atoms with E-state index in [1.54, 1.807) is 21.3 Å². The molecule has 0 spiro atoms. The summed E-state index contributed by atoms with van der Waals surface area (Å²) in [5, 5.41) is 6.21. The van der Waals surface area contributed by atoms with Crippen LogP contribution in [0.3, 0.4) is 0 Å². The molecule has 0 bridgehead atoms. The Labute approximate surface area is 201 Å². The van der Waals surface area contributed by atoms with Crippen LogP contribution in [0.2, 0.25) is 0 Å². The van der Waals surface area contributed by atoms with Crippen LogP contribution in [0.1, 0.15) is 37.4 Å². The molecule has 0 unspecified atom stereocenters. The van der Waals surface area contributed by atoms with E-state index in [9.17, 15) is 9.59 Å². The predicted octanol–water partition coefficient (Wildman–Crippen LogP) is 3.51. The topological polar surface area (TPSA) is 80.7 Å². The molecule has 0 saturated carbocycles. The largest absolute Gasteiger partial charge is 0.497 e. The van der Waals surface area contributed by atoms with Gasteiger partial charge in [0.2, 0.25) is 5.91 Å². The number of carbonyl (C=O) groups is 2. The van der Waals surface area contributed by atoms with E-state index < -0.39 is 0 Å². The van der Waals surface area contributed by atoms with Gasteiger partial charge in [-0.05, 0) is 35.9 Å². The van der Waals surface area contributed by atoms with E-state index in [1.165, 1.54) is 9.91 Å². The molecule has 2 aromatic rings. The van der Waals surface area contributed by atoms with Crippen LogP contribution >= 0.6 is 0 Å². The highest BCUT2D eigenvalue weighted by atomic mass is 16.5. The second-order valence-electron chi connectivity index (χ2n) is 8.38. The maximum absolute atomic E-state index is 13.5. The summed E-state index contributed by atoms with van der Waals surface area (Å²) in [6.07, 6.45) is 0.522. The summed E-state index contributed by atoms with van der Waals surface area (Å²) in [5.74, 6) is 0.845. The number of rotatable bonds is 10. The highest BCUT2D eigenvalue weighted by Crippen LogP contribution is 2.37. The molecule has 182 valence electrons. The zero-order valence-corrected chi connectivity index (χ0v) is 20.5. The lowest BCUT2D eigenvalue weighted by atomic mass is 9.97. The van der Waals surface area contributed by atoms with E-state index in [4.69, 9.17) is 19.3 Å². The Bertz CT molecular complexity index is 1020. The Hall–Kier alpha value is -3.39. The third kappa shape index (κ3) is 5.75. The minimum Gasteiger partial charge on any atom is -0.497 e. The first-order chi connectivity index (χ1) is 16.4. The first kappa shape index (κ1) is 25.2. The lowest BCUT2D eigenvalue weighted by Gasteiger charge is -2.28. The number of nitrogens with zero attached hydrogens (tertiary/aromatic N) is 3. The zero-order chi connectivity index (χ0) is 24.7. The monoisotopic (exact) mass is 467 g/mol. The van der Waals surface area contributed by atoms with Crippen molar-refractivity contribution in [3.05, 3.63) is 59.7 Å². The summed E-state index contributed by atoms with van der Waals surface area (Å²) in [7, 11) is 4.80. The van der Waals surface area contributed by atoms with Crippen molar-refractivity contribution in [3.63, 3.8) is 0 Å². The second-order valence-corrected chi connectivity index (χ2v) is 8.38. The first-order valence-electron chi connectivity index (χ1n) is 11.3. The van der Waals surface area contributed by atoms with Gasteiger partial charge in [-0.1, -0.05) is 32.0 Å². The van der Waals surface area contributed by atoms with Gasteiger partial charge >= 0.3 is 0 Å². The number of hydrazone groups is 1. The van der Waals surface area contributed by atoms with Crippen LogP contribution in [0.25, 0.3) is 0 Å². The molecule has 1 aliphatic rings. The number of hydrogen-bond donors (Lipinski definition) is 0. The first-order valence-corrected chi connectivity index (χ1v) is 11.3. The zero-order valence-electron chi connectivity index (χ0n) is 20.5. The van der Waals surface area contributed by atoms with Crippen molar-refractivity contribution < 1.29 is 23.8 Å². The second kappa shape index (κ2) is 11.7. The van der Waals surface area contributed by atoms with Crippen molar-refractivity contribution in [3.8, 4) is 11.5 Å². The smallest absolute Gasteiger partial charge is 0.262 e. The SMILES string of the molecule is COCCN(CC(=O)N1N=C(c2ccc(OC)cc2)C[C@@H]1c1ccccc1OC)C(=O)C(C)C. The number of ether oxygens (including phenoxy) is 3. The Balaban J connectivity index is 1.94. The molecular weight excluding hydrogens is 434 g/mol. The fourth-order valence-electron chi connectivity index (χ4n) is 3.95. The summed E-state index contributed by atoms with van der Waals surface area (Å²) in [6, 6.07) is 14.9. The van der Waals surface area contributed by atoms with E-state index in [0.717, 1.165) is 22.6 Å². The van der Waals surface area contributed by atoms with Gasteiger partial charge < -0.3 is 19.1 Å². The fraction of sp³-hybridized carbons (Fsp3) is 0.423. The maximum atomic E-state index is 13.5. The molecule has 2 aromatic carbocycles. The van der Waals surface area contributed by atoms with Crippen LogP contribution < -0.4 is 9.47 Å². The molecule has 0 saturated heterocycles. The fourth-order valence-corrected chi connectivity index (χ4v) is 3.95. The quantitative estimate of drug-likeness (QED) is 0.534. The van der Waals surface area contributed by atoms with Crippen molar-refractivity contribution in [2.75, 3.05) is 41.0 Å². The summed E-state index contributed by atoms with van der Waals surface area (Å²) in [4.78, 5) is 27.8. The average Bonchev–Trinajstić information content (AvgIpc) is 3.31. The van der Waals surface area contributed by atoms with E-state index in [0.29, 0.717) is 25.3 Å². The van der Waals surface area contributed by atoms with E-state index in [-0.39, 0.29) is 30.3 Å². The number of methoxy groups -OCH3 is 3. The Morgan fingerprint density at radius 1 is 1.06 bits per heavy atom. The minimum atomic E-state index is -0.348. The molecule has 1 atom stereocenters. The van der Waals surface area contributed by atoms with Gasteiger partial charge in [0.15, 0.2) is 0 Å². The predicted molar refractivity (Wildman–Crippen MR) is 130 cm³/mol. The third-order valence-electron chi connectivity index (χ3n) is 5.78. The molecule has 1 heterocycles. The van der Waals surface area contributed by atoms with E-state index >= 15 is 0 Å². The normalized spacial score (nSPS) is 15.3. The van der Waals surface area contributed by atoms with Crippen LogP contribution in [0.4, 0.5) is 0 Å². The molecule has 2 amide bonds. The Morgan fingerprint density at radius 3 is 2.38 bits per heavy atom. The highest BCUT2D eigenvalue weighted by Gasteiger charge is 2.36. The van der Waals surface area contributed by atoms with Gasteiger partial charge in [-0.25, -0.2) is 5.01 Å². The van der Waals surface area contributed by atoms with Crippen LogP contribution in [-0.2, 0) is 14.3 Å². The van der Waals surface area contributed by atoms with Crippen molar-refractivity contribution in [1.82, 2.24) is 9.91 Å². The van der Waals surface area contributed by atoms with Gasteiger partial charge in [0.25, 0.3) is 5.91 Å². The Morgan fingerprint density at radius 2 is 1.76 bits per heavy atom. The van der Waals surface area contributed by atoms with Crippen molar-refractivity contribution in [2.45, 2.75) is 26.3 Å². The minimum absolute atomic E-state index is 0.0780. The van der Waals surface area contributed by atoms with Gasteiger partial charge in [-0.2, -0.15) is 5.10 Å². The van der Waals surface area contributed by atoms with Crippen molar-refractivity contribution >= 4 is 17.5 Å². The number of hydrogen-bond acceptors (Lipinski definition) is 6. The standard InChI is InChI=1S/C26H33N3O5/c1-18(2)26(31)28(14-15-32-3)17-25(30)29-23(21-8-6-7-9-24(21)34-5)16-22(27-29)19-10-12-20(33-4)13-11-19/h6-13,18,23H,14-17H2,1-5H3/t23-/m1/s1. The van der Waals surface area contributed by atoms with Gasteiger partial charge in [0, 0.05) is 31.6 Å². The molecule has 8 nitrogen and oxygen atoms in total. The number of carbonyl (C=O) groups excluding carboxylic acids is 2. The van der Waals surface area contributed by atoms with Gasteiger partial charge in [-0.3, -0.25) is 9.59 Å². The molecule has 3 rings (SSSR count). The summed E-state index contributed by atoms with van der Waals surface area (Å²) in [6.45, 7) is 4.25. The van der Waals surface area contributed by atoms with Crippen LogP contribution in [0.15, 0.2) is 53.6 Å². The number of para-hydroxylation sites is 1. The van der Waals surface area contributed by atoms with Crippen molar-refractivity contribution in [2.24, 2.45) is 11.0 Å². The van der Waals surface area contributed by atoms with Crippen LogP contribution in [0, 0.1) is 5.92 Å². The maximum Gasteiger partial charge on any atom is 0.262 e. The van der Waals surface area contributed by atoms with Gasteiger partial charge in [0.05, 0.1) is 32.6 Å².